The summed E-state index contributed by atoms with van der Waals surface area (Å²) < 4.78 is 0. The fourth-order valence-corrected chi connectivity index (χ4v) is 2.60. The Hall–Kier alpha value is 0.540. The van der Waals surface area contributed by atoms with E-state index in [0.29, 0.717) is 0 Å². The molecule has 0 aromatic heterocycles. The van der Waals surface area contributed by atoms with Crippen molar-refractivity contribution in [1.29, 1.82) is 0 Å². The van der Waals surface area contributed by atoms with E-state index in [-0.39, 0.29) is 0 Å². The number of nitrogens with two attached hydrogens (primary N) is 4. The van der Waals surface area contributed by atoms with Crippen LogP contribution in [0.15, 0.2) is 0 Å². The molecule has 0 spiro atoms. The molecule has 10 heteroatoms. The third kappa shape index (κ3) is 3.65. The molecular weight excluding hydrogens is 300 g/mol. The molecule has 0 aliphatic rings. The van der Waals surface area contributed by atoms with Crippen molar-refractivity contribution in [3.05, 3.63) is 0 Å². The van der Waals surface area contributed by atoms with E-state index >= 15 is 0 Å². The first kappa shape index (κ1) is 20.5. The van der Waals surface area contributed by atoms with Crippen molar-refractivity contribution in [3.63, 3.8) is 0 Å². The second kappa shape index (κ2) is 6.75. The highest BCUT2D eigenvalue weighted by Gasteiger charge is 2.58. The number of hydrogen-bond acceptors (Lipinski definition) is 8. The molecule has 0 aliphatic heterocycles. The summed E-state index contributed by atoms with van der Waals surface area (Å²) in [5, 5.41) is -1.09. The average molecular weight is 329 g/mol. The first-order valence-corrected chi connectivity index (χ1v) is 7.21. The van der Waals surface area contributed by atoms with E-state index in [1.165, 1.54) is 0 Å². The molecule has 0 aromatic carbocycles. The molecule has 0 radical (unpaired) electrons. The van der Waals surface area contributed by atoms with Crippen molar-refractivity contribution >= 4 is 18.5 Å². The number of hydrogen-bond donors (Lipinski definition) is 5. The maximum Gasteiger partial charge on any atom is 0.157 e. The van der Waals surface area contributed by atoms with Gasteiger partial charge in [-0.15, -0.1) is 9.24 Å². The van der Waals surface area contributed by atoms with Gasteiger partial charge in [0.2, 0.25) is 0 Å². The summed E-state index contributed by atoms with van der Waals surface area (Å²) in [5.74, 6) is 10.7. The average Bonchev–Trinajstić information content (AvgIpc) is 2.28. The van der Waals surface area contributed by atoms with Gasteiger partial charge in [-0.25, -0.2) is 17.3 Å². The Morgan fingerprint density at radius 1 is 1.05 bits per heavy atom. The molecule has 0 aliphatic carbocycles. The Bertz CT molecular complexity index is 326. The monoisotopic (exact) mass is 329 g/mol. The highest BCUT2D eigenvalue weighted by atomic mass is 31.0. The second-order valence-electron chi connectivity index (χ2n) is 5.90. The maximum atomic E-state index is 6.40. The van der Waals surface area contributed by atoms with Crippen molar-refractivity contribution < 1.29 is 14.5 Å². The summed E-state index contributed by atoms with van der Waals surface area (Å²) in [5.41, 5.74) is 12.1. The highest BCUT2D eigenvalue weighted by molar-refractivity contribution is 7.19. The SMILES string of the molecule is CNOC(C)(C)C(N)(P)C(ON)C(C)(C)C(N)(P)ON. The van der Waals surface area contributed by atoms with Crippen LogP contribution in [0.2, 0.25) is 0 Å². The van der Waals surface area contributed by atoms with Crippen LogP contribution in [-0.4, -0.2) is 29.5 Å². The van der Waals surface area contributed by atoms with Crippen LogP contribution >= 0.6 is 18.5 Å². The van der Waals surface area contributed by atoms with Crippen LogP contribution in [0.5, 0.6) is 0 Å². The van der Waals surface area contributed by atoms with Gasteiger partial charge in [0.05, 0.1) is 5.28 Å². The summed E-state index contributed by atoms with van der Waals surface area (Å²) in [6, 6.07) is 0. The lowest BCUT2D eigenvalue weighted by Crippen LogP contribution is -2.71. The van der Waals surface area contributed by atoms with Crippen LogP contribution in [0.4, 0.5) is 0 Å². The van der Waals surface area contributed by atoms with Crippen LogP contribution in [0.25, 0.3) is 0 Å². The van der Waals surface area contributed by atoms with Gasteiger partial charge < -0.3 is 5.73 Å². The van der Waals surface area contributed by atoms with E-state index < -0.39 is 27.9 Å². The highest BCUT2D eigenvalue weighted by Crippen LogP contribution is 2.47. The van der Waals surface area contributed by atoms with Gasteiger partial charge in [0.15, 0.2) is 5.47 Å². The fraction of sp³-hybridized carbons (Fsp3) is 1.00. The first-order chi connectivity index (χ1) is 8.81. The lowest BCUT2D eigenvalue weighted by atomic mass is 9.75. The molecule has 0 saturated heterocycles. The summed E-state index contributed by atoms with van der Waals surface area (Å²) in [6.45, 7) is 7.16. The van der Waals surface area contributed by atoms with Crippen LogP contribution in [0.3, 0.4) is 0 Å². The number of rotatable bonds is 8. The Labute approximate surface area is 125 Å². The standard InChI is InChI=1S/C10H29N5O3P2/c1-7(2,10(12,20)17-14)6(16-13)9(11,19)8(3,4)18-15-5/h6,15H,11-14,19-20H2,1-5H3. The van der Waals surface area contributed by atoms with Gasteiger partial charge in [-0.3, -0.25) is 20.2 Å². The van der Waals surface area contributed by atoms with Crippen molar-refractivity contribution in [3.8, 4) is 0 Å². The van der Waals surface area contributed by atoms with E-state index in [4.69, 9.17) is 37.8 Å². The van der Waals surface area contributed by atoms with E-state index in [0.717, 1.165) is 0 Å². The normalized spacial score (nSPS) is 21.1. The maximum absolute atomic E-state index is 6.40. The molecule has 0 aromatic rings. The predicted molar refractivity (Wildman–Crippen MR) is 85.6 cm³/mol. The van der Waals surface area contributed by atoms with E-state index in [1.54, 1.807) is 34.7 Å². The van der Waals surface area contributed by atoms with Crippen LogP contribution in [-0.2, 0) is 14.5 Å². The van der Waals surface area contributed by atoms with Gasteiger partial charge in [-0.05, 0) is 13.8 Å². The van der Waals surface area contributed by atoms with Gasteiger partial charge >= 0.3 is 0 Å². The lowest BCUT2D eigenvalue weighted by Gasteiger charge is -2.52. The topological polar surface area (TPSA) is 144 Å². The summed E-state index contributed by atoms with van der Waals surface area (Å²) in [4.78, 5) is 15.4. The molecule has 0 bridgehead atoms. The van der Waals surface area contributed by atoms with Crippen LogP contribution in [0.1, 0.15) is 27.7 Å². The quantitative estimate of drug-likeness (QED) is 0.219. The van der Waals surface area contributed by atoms with Gasteiger partial charge in [-0.2, -0.15) is 0 Å². The van der Waals surface area contributed by atoms with Crippen LogP contribution < -0.4 is 28.7 Å². The zero-order valence-electron chi connectivity index (χ0n) is 12.8. The summed E-state index contributed by atoms with van der Waals surface area (Å²) >= 11 is 0. The Morgan fingerprint density at radius 2 is 1.50 bits per heavy atom. The molecule has 0 saturated carbocycles. The Kier molecular flexibility index (Phi) is 6.93. The molecule has 0 heterocycles. The van der Waals surface area contributed by atoms with E-state index in [1.807, 2.05) is 0 Å². The minimum absolute atomic E-state index is 0.755. The second-order valence-corrected chi connectivity index (χ2v) is 7.71. The number of hydroxylamine groups is 1. The van der Waals surface area contributed by atoms with E-state index in [2.05, 4.69) is 24.0 Å². The van der Waals surface area contributed by atoms with Crippen molar-refractivity contribution in [2.45, 2.75) is 50.1 Å². The Balaban J connectivity index is 5.68. The largest absolute Gasteiger partial charge is 0.317 e. The molecule has 9 N–H and O–H groups in total. The van der Waals surface area contributed by atoms with Crippen LogP contribution in [0, 0.1) is 5.41 Å². The van der Waals surface area contributed by atoms with Gasteiger partial charge in [0.25, 0.3) is 0 Å². The summed E-state index contributed by atoms with van der Waals surface area (Å²) in [7, 11) is 6.48. The predicted octanol–water partition coefficient (Wildman–Crippen LogP) is -0.891. The first-order valence-electron chi connectivity index (χ1n) is 6.05. The molecule has 122 valence electrons. The smallest absolute Gasteiger partial charge is 0.157 e. The third-order valence-electron chi connectivity index (χ3n) is 3.83. The molecule has 20 heavy (non-hydrogen) atoms. The molecule has 8 nitrogen and oxygen atoms in total. The molecule has 0 amide bonds. The molecule has 5 unspecified atom stereocenters. The zero-order chi connectivity index (χ0) is 16.4. The van der Waals surface area contributed by atoms with Crippen molar-refractivity contribution in [2.24, 2.45) is 28.7 Å². The van der Waals surface area contributed by atoms with Gasteiger partial charge in [0.1, 0.15) is 11.7 Å². The fourth-order valence-electron chi connectivity index (χ4n) is 1.90. The molecular formula is C10H29N5O3P2. The van der Waals surface area contributed by atoms with Gasteiger partial charge in [-0.1, -0.05) is 23.1 Å². The summed E-state index contributed by atoms with van der Waals surface area (Å²) in [6.07, 6.45) is -0.755. The number of nitrogens with one attached hydrogen (secondary N) is 1. The molecule has 0 fully saturated rings. The lowest BCUT2D eigenvalue weighted by molar-refractivity contribution is -0.185. The van der Waals surface area contributed by atoms with Crippen molar-refractivity contribution in [1.82, 2.24) is 5.48 Å². The molecule has 0 rings (SSSR count). The van der Waals surface area contributed by atoms with E-state index in [9.17, 15) is 0 Å². The van der Waals surface area contributed by atoms with Gasteiger partial charge in [0, 0.05) is 12.5 Å². The van der Waals surface area contributed by atoms with Crippen molar-refractivity contribution in [2.75, 3.05) is 7.05 Å². The molecule has 5 atom stereocenters. The zero-order valence-corrected chi connectivity index (χ0v) is 15.1. The Morgan fingerprint density at radius 3 is 1.80 bits per heavy atom. The minimum Gasteiger partial charge on any atom is -0.317 e. The third-order valence-corrected chi connectivity index (χ3v) is 5.71. The minimum atomic E-state index is -1.30.